The Morgan fingerprint density at radius 3 is 2.82 bits per heavy atom. The van der Waals surface area contributed by atoms with Gasteiger partial charge in [0, 0.05) is 13.5 Å². The van der Waals surface area contributed by atoms with E-state index in [-0.39, 0.29) is 12.3 Å². The number of carbonyl (C=O) groups excluding carboxylic acids is 1. The highest BCUT2D eigenvalue weighted by atomic mass is 16.5. The number of ether oxygens (including phenoxy) is 1. The largest absolute Gasteiger partial charge is 0.446 e. The molecule has 0 spiro atoms. The summed E-state index contributed by atoms with van der Waals surface area (Å²) in [6, 6.07) is 10.0. The van der Waals surface area contributed by atoms with E-state index in [0.717, 1.165) is 5.56 Å². The highest BCUT2D eigenvalue weighted by molar-refractivity contribution is 5.78. The Labute approximate surface area is 129 Å². The number of amides is 1. The molecule has 3 rings (SSSR count). The summed E-state index contributed by atoms with van der Waals surface area (Å²) in [6.45, 7) is 5.49. The third-order valence-electron chi connectivity index (χ3n) is 4.01. The van der Waals surface area contributed by atoms with Crippen molar-refractivity contribution < 1.29 is 13.9 Å². The number of hydrogen-bond donors (Lipinski definition) is 0. The molecule has 1 unspecified atom stereocenters. The van der Waals surface area contributed by atoms with Crippen LogP contribution in [0.5, 0.6) is 0 Å². The summed E-state index contributed by atoms with van der Waals surface area (Å²) in [7, 11) is 0. The van der Waals surface area contributed by atoms with Crippen LogP contribution in [0, 0.1) is 6.92 Å². The molecule has 0 bridgehead atoms. The molecule has 1 saturated heterocycles. The minimum absolute atomic E-state index is 0.0432. The van der Waals surface area contributed by atoms with Gasteiger partial charge >= 0.3 is 0 Å². The quantitative estimate of drug-likeness (QED) is 0.873. The Morgan fingerprint density at radius 1 is 1.36 bits per heavy atom. The first-order valence-corrected chi connectivity index (χ1v) is 7.45. The fourth-order valence-electron chi connectivity index (χ4n) is 2.80. The Balaban J connectivity index is 1.71. The van der Waals surface area contributed by atoms with Crippen LogP contribution in [0.15, 0.2) is 40.9 Å². The fraction of sp³-hybridized carbons (Fsp3) is 0.412. The molecule has 1 aromatic heterocycles. The van der Waals surface area contributed by atoms with Crippen LogP contribution in [-0.2, 0) is 21.6 Å². The zero-order valence-corrected chi connectivity index (χ0v) is 12.9. The first kappa shape index (κ1) is 14.8. The first-order valence-electron chi connectivity index (χ1n) is 7.45. The van der Waals surface area contributed by atoms with Crippen molar-refractivity contribution in [1.82, 2.24) is 9.88 Å². The molecule has 1 fully saturated rings. The third-order valence-corrected chi connectivity index (χ3v) is 4.01. The van der Waals surface area contributed by atoms with Gasteiger partial charge in [-0.25, -0.2) is 4.98 Å². The summed E-state index contributed by atoms with van der Waals surface area (Å²) in [5, 5.41) is 0. The minimum Gasteiger partial charge on any atom is -0.446 e. The van der Waals surface area contributed by atoms with E-state index in [0.29, 0.717) is 31.3 Å². The van der Waals surface area contributed by atoms with Gasteiger partial charge in [0.25, 0.3) is 0 Å². The Hall–Kier alpha value is -2.14. The lowest BCUT2D eigenvalue weighted by Crippen LogP contribution is -2.50. The van der Waals surface area contributed by atoms with Crippen molar-refractivity contribution in [1.29, 1.82) is 0 Å². The van der Waals surface area contributed by atoms with Gasteiger partial charge in [-0.3, -0.25) is 4.79 Å². The lowest BCUT2D eigenvalue weighted by Gasteiger charge is -2.40. The van der Waals surface area contributed by atoms with E-state index in [1.54, 1.807) is 13.1 Å². The van der Waals surface area contributed by atoms with Crippen molar-refractivity contribution in [2.75, 3.05) is 19.7 Å². The Kier molecular flexibility index (Phi) is 3.98. The number of hydrogen-bond acceptors (Lipinski definition) is 4. The van der Waals surface area contributed by atoms with Crippen LogP contribution in [0.1, 0.15) is 24.1 Å². The fourth-order valence-corrected chi connectivity index (χ4v) is 2.80. The van der Waals surface area contributed by atoms with E-state index in [9.17, 15) is 4.79 Å². The zero-order valence-electron chi connectivity index (χ0n) is 12.9. The molecule has 5 nitrogen and oxygen atoms in total. The standard InChI is InChI=1S/C17H20N2O3/c1-13-18-11-15(22-13)10-16(20)19-8-9-21-17(2,12-19)14-6-4-3-5-7-14/h3-7,11H,8-10,12H2,1-2H3. The van der Waals surface area contributed by atoms with E-state index in [1.807, 2.05) is 42.2 Å². The summed E-state index contributed by atoms with van der Waals surface area (Å²) in [6.07, 6.45) is 1.86. The summed E-state index contributed by atoms with van der Waals surface area (Å²) in [4.78, 5) is 18.3. The number of morpholine rings is 1. The molecule has 0 saturated carbocycles. The number of carbonyl (C=O) groups is 1. The van der Waals surface area contributed by atoms with Gasteiger partial charge in [-0.05, 0) is 12.5 Å². The van der Waals surface area contributed by atoms with Gasteiger partial charge in [-0.1, -0.05) is 30.3 Å². The smallest absolute Gasteiger partial charge is 0.230 e. The second-order valence-electron chi connectivity index (χ2n) is 5.78. The molecule has 0 N–H and O–H groups in total. The molecule has 116 valence electrons. The third kappa shape index (κ3) is 3.04. The highest BCUT2D eigenvalue weighted by Crippen LogP contribution is 2.29. The van der Waals surface area contributed by atoms with Crippen LogP contribution in [-0.4, -0.2) is 35.5 Å². The van der Waals surface area contributed by atoms with E-state index in [4.69, 9.17) is 9.15 Å². The first-order chi connectivity index (χ1) is 10.6. The van der Waals surface area contributed by atoms with Gasteiger partial charge in [0.2, 0.25) is 5.91 Å². The summed E-state index contributed by atoms with van der Waals surface area (Å²) < 4.78 is 11.3. The van der Waals surface area contributed by atoms with E-state index >= 15 is 0 Å². The predicted molar refractivity (Wildman–Crippen MR) is 81.3 cm³/mol. The highest BCUT2D eigenvalue weighted by Gasteiger charge is 2.35. The van der Waals surface area contributed by atoms with Crippen molar-refractivity contribution >= 4 is 5.91 Å². The summed E-state index contributed by atoms with van der Waals surface area (Å²) >= 11 is 0. The molecule has 5 heteroatoms. The number of aromatic nitrogens is 1. The second kappa shape index (κ2) is 5.93. The molecule has 1 amide bonds. The number of aryl methyl sites for hydroxylation is 1. The van der Waals surface area contributed by atoms with Gasteiger partial charge < -0.3 is 14.1 Å². The molecule has 1 aliphatic heterocycles. The minimum atomic E-state index is -0.466. The molecular formula is C17H20N2O3. The maximum atomic E-state index is 12.5. The van der Waals surface area contributed by atoms with Crippen molar-refractivity contribution in [2.45, 2.75) is 25.9 Å². The molecule has 1 aromatic carbocycles. The number of benzene rings is 1. The maximum absolute atomic E-state index is 12.5. The number of nitrogens with zero attached hydrogens (tertiary/aromatic N) is 2. The average molecular weight is 300 g/mol. The summed E-state index contributed by atoms with van der Waals surface area (Å²) in [5.41, 5.74) is 0.620. The monoisotopic (exact) mass is 300 g/mol. The van der Waals surface area contributed by atoms with Crippen LogP contribution in [0.25, 0.3) is 0 Å². The van der Waals surface area contributed by atoms with E-state index < -0.39 is 5.60 Å². The van der Waals surface area contributed by atoms with Crippen LogP contribution in [0.3, 0.4) is 0 Å². The lowest BCUT2D eigenvalue weighted by atomic mass is 9.93. The SMILES string of the molecule is Cc1ncc(CC(=O)N2CCOC(C)(c3ccccc3)C2)o1. The van der Waals surface area contributed by atoms with Gasteiger partial charge in [-0.15, -0.1) is 0 Å². The molecule has 2 aromatic rings. The van der Waals surface area contributed by atoms with E-state index in [1.165, 1.54) is 0 Å². The van der Waals surface area contributed by atoms with Crippen molar-refractivity contribution in [2.24, 2.45) is 0 Å². The van der Waals surface area contributed by atoms with Crippen LogP contribution in [0.2, 0.25) is 0 Å². The normalized spacial score (nSPS) is 21.8. The van der Waals surface area contributed by atoms with Crippen LogP contribution < -0.4 is 0 Å². The second-order valence-corrected chi connectivity index (χ2v) is 5.78. The van der Waals surface area contributed by atoms with Crippen molar-refractivity contribution in [3.8, 4) is 0 Å². The predicted octanol–water partition coefficient (Wildman–Crippen LogP) is 2.30. The van der Waals surface area contributed by atoms with Crippen molar-refractivity contribution in [3.63, 3.8) is 0 Å². The molecule has 0 radical (unpaired) electrons. The molecule has 1 aliphatic rings. The van der Waals surface area contributed by atoms with Gasteiger partial charge in [-0.2, -0.15) is 0 Å². The molecule has 0 aliphatic carbocycles. The average Bonchev–Trinajstić information content (AvgIpc) is 2.93. The molecular weight excluding hydrogens is 280 g/mol. The summed E-state index contributed by atoms with van der Waals surface area (Å²) in [5.74, 6) is 1.23. The maximum Gasteiger partial charge on any atom is 0.230 e. The van der Waals surface area contributed by atoms with Crippen molar-refractivity contribution in [3.05, 3.63) is 53.7 Å². The Morgan fingerprint density at radius 2 is 2.14 bits per heavy atom. The van der Waals surface area contributed by atoms with Gasteiger partial charge in [0.15, 0.2) is 5.89 Å². The lowest BCUT2D eigenvalue weighted by molar-refractivity contribution is -0.149. The molecule has 2 heterocycles. The van der Waals surface area contributed by atoms with Gasteiger partial charge in [0.1, 0.15) is 11.4 Å². The molecule has 22 heavy (non-hydrogen) atoms. The topological polar surface area (TPSA) is 55.6 Å². The Bertz CT molecular complexity index is 653. The molecule has 1 atom stereocenters. The van der Waals surface area contributed by atoms with E-state index in [2.05, 4.69) is 4.98 Å². The number of oxazole rings is 1. The van der Waals surface area contributed by atoms with Crippen LogP contribution >= 0.6 is 0 Å². The zero-order chi connectivity index (χ0) is 15.6. The van der Waals surface area contributed by atoms with Crippen LogP contribution in [0.4, 0.5) is 0 Å². The van der Waals surface area contributed by atoms with Gasteiger partial charge in [0.05, 0.1) is 25.8 Å². The number of rotatable bonds is 3.